The van der Waals surface area contributed by atoms with Gasteiger partial charge in [-0.25, -0.2) is 0 Å². The van der Waals surface area contributed by atoms with Crippen LogP contribution in [0.4, 0.5) is 0 Å². The summed E-state index contributed by atoms with van der Waals surface area (Å²) in [6, 6.07) is 30.2. The zero-order valence-electron chi connectivity index (χ0n) is 17.9. The highest BCUT2D eigenvalue weighted by Crippen LogP contribution is 2.48. The molecule has 0 unspecified atom stereocenters. The molecule has 0 aliphatic heterocycles. The highest BCUT2D eigenvalue weighted by molar-refractivity contribution is 5.95. The molecule has 6 rings (SSSR count). The number of hydrogen-bond donors (Lipinski definition) is 0. The zero-order chi connectivity index (χ0) is 21.2. The number of carbonyl (C=O) groups excluding carboxylic acids is 1. The van der Waals surface area contributed by atoms with Crippen LogP contribution in [0.3, 0.4) is 0 Å². The van der Waals surface area contributed by atoms with Gasteiger partial charge in [0.2, 0.25) is 0 Å². The summed E-state index contributed by atoms with van der Waals surface area (Å²) in [5.74, 6) is 0.196. The van der Waals surface area contributed by atoms with Gasteiger partial charge in [0, 0.05) is 0 Å². The predicted molar refractivity (Wildman–Crippen MR) is 127 cm³/mol. The Kier molecular flexibility index (Phi) is 3.86. The van der Waals surface area contributed by atoms with E-state index < -0.39 is 5.41 Å². The lowest BCUT2D eigenvalue weighted by atomic mass is 9.69. The standard InChI is InChI=1S/C30H24O/c1-19(31)30(2,28-15-7-13-24-22-11-5-3-9-20(22)17-26(24)28)29-16-8-14-25-23-12-6-4-10-21(23)18-27(25)29/h3-16H,17-18H2,1-2H3. The number of fused-ring (bicyclic) bond motifs is 6. The van der Waals surface area contributed by atoms with Gasteiger partial charge in [-0.2, -0.15) is 0 Å². The van der Waals surface area contributed by atoms with Crippen molar-refractivity contribution in [1.29, 1.82) is 0 Å². The van der Waals surface area contributed by atoms with Crippen LogP contribution in [0, 0.1) is 0 Å². The molecule has 2 aliphatic rings. The Morgan fingerprint density at radius 1 is 0.613 bits per heavy atom. The molecule has 0 saturated carbocycles. The van der Waals surface area contributed by atoms with Gasteiger partial charge < -0.3 is 0 Å². The van der Waals surface area contributed by atoms with Gasteiger partial charge in [0.15, 0.2) is 0 Å². The molecule has 0 spiro atoms. The minimum atomic E-state index is -0.680. The Labute approximate surface area is 183 Å². The Bertz CT molecular complexity index is 1280. The third-order valence-electron chi connectivity index (χ3n) is 7.48. The van der Waals surface area contributed by atoms with Crippen molar-refractivity contribution >= 4 is 5.78 Å². The molecular weight excluding hydrogens is 376 g/mol. The summed E-state index contributed by atoms with van der Waals surface area (Å²) in [4.78, 5) is 13.4. The predicted octanol–water partition coefficient (Wildman–Crippen LogP) is 6.72. The molecule has 1 nitrogen and oxygen atoms in total. The molecule has 2 aliphatic carbocycles. The molecule has 0 radical (unpaired) electrons. The van der Waals surface area contributed by atoms with Crippen molar-refractivity contribution in [2.24, 2.45) is 0 Å². The van der Waals surface area contributed by atoms with E-state index in [1.165, 1.54) is 44.5 Å². The monoisotopic (exact) mass is 400 g/mol. The molecule has 4 aromatic carbocycles. The molecule has 0 aromatic heterocycles. The minimum absolute atomic E-state index is 0.196. The second-order valence-corrected chi connectivity index (χ2v) is 9.01. The molecule has 31 heavy (non-hydrogen) atoms. The average molecular weight is 401 g/mol. The van der Waals surface area contributed by atoms with Crippen LogP contribution in [0.25, 0.3) is 22.3 Å². The molecule has 0 amide bonds. The van der Waals surface area contributed by atoms with Gasteiger partial charge in [0.05, 0.1) is 5.41 Å². The number of benzene rings is 4. The Balaban J connectivity index is 1.59. The van der Waals surface area contributed by atoms with Crippen molar-refractivity contribution in [2.45, 2.75) is 32.1 Å². The zero-order valence-corrected chi connectivity index (χ0v) is 17.9. The summed E-state index contributed by atoms with van der Waals surface area (Å²) in [7, 11) is 0. The number of ketones is 1. The van der Waals surface area contributed by atoms with E-state index in [0.29, 0.717) is 0 Å². The fraction of sp³-hybridized carbons (Fsp3) is 0.167. The van der Waals surface area contributed by atoms with Gasteiger partial charge in [-0.05, 0) is 82.3 Å². The van der Waals surface area contributed by atoms with E-state index in [9.17, 15) is 4.79 Å². The fourth-order valence-corrected chi connectivity index (χ4v) is 5.78. The first-order chi connectivity index (χ1) is 15.1. The van der Waals surface area contributed by atoms with Crippen LogP contribution >= 0.6 is 0 Å². The number of hydrogen-bond acceptors (Lipinski definition) is 1. The number of rotatable bonds is 3. The number of Topliss-reactive ketones (excluding diaryl/α,β-unsaturated/α-hetero) is 1. The van der Waals surface area contributed by atoms with E-state index in [4.69, 9.17) is 0 Å². The van der Waals surface area contributed by atoms with Gasteiger partial charge in [-0.1, -0.05) is 84.9 Å². The van der Waals surface area contributed by atoms with Crippen molar-refractivity contribution in [2.75, 3.05) is 0 Å². The summed E-state index contributed by atoms with van der Waals surface area (Å²) in [5, 5.41) is 0. The molecule has 0 heterocycles. The topological polar surface area (TPSA) is 17.1 Å². The highest BCUT2D eigenvalue weighted by Gasteiger charge is 2.40. The largest absolute Gasteiger partial charge is 0.299 e. The van der Waals surface area contributed by atoms with Crippen LogP contribution in [0.1, 0.15) is 47.2 Å². The normalized spacial score (nSPS) is 13.4. The summed E-state index contributed by atoms with van der Waals surface area (Å²) >= 11 is 0. The third-order valence-corrected chi connectivity index (χ3v) is 7.48. The van der Waals surface area contributed by atoms with E-state index in [-0.39, 0.29) is 5.78 Å². The summed E-state index contributed by atoms with van der Waals surface area (Å²) < 4.78 is 0. The Morgan fingerprint density at radius 3 is 1.48 bits per heavy atom. The van der Waals surface area contributed by atoms with Gasteiger partial charge in [0.1, 0.15) is 5.78 Å². The summed E-state index contributed by atoms with van der Waals surface area (Å²) in [6.45, 7) is 3.88. The van der Waals surface area contributed by atoms with Crippen molar-refractivity contribution in [3.05, 3.63) is 118 Å². The maximum Gasteiger partial charge on any atom is 0.144 e. The quantitative estimate of drug-likeness (QED) is 0.322. The molecule has 0 bridgehead atoms. The van der Waals surface area contributed by atoms with Crippen molar-refractivity contribution < 1.29 is 4.79 Å². The summed E-state index contributed by atoms with van der Waals surface area (Å²) in [5.41, 5.74) is 12.1. The van der Waals surface area contributed by atoms with Crippen LogP contribution in [0.5, 0.6) is 0 Å². The first-order valence-corrected chi connectivity index (χ1v) is 11.0. The molecular formula is C30H24O. The third kappa shape index (κ3) is 2.47. The fourth-order valence-electron chi connectivity index (χ4n) is 5.78. The van der Waals surface area contributed by atoms with Crippen molar-refractivity contribution in [3.63, 3.8) is 0 Å². The van der Waals surface area contributed by atoms with Crippen LogP contribution in [0.15, 0.2) is 84.9 Å². The van der Waals surface area contributed by atoms with Gasteiger partial charge in [0.25, 0.3) is 0 Å². The van der Waals surface area contributed by atoms with Crippen LogP contribution in [0.2, 0.25) is 0 Å². The van der Waals surface area contributed by atoms with E-state index >= 15 is 0 Å². The lowest BCUT2D eigenvalue weighted by Crippen LogP contribution is -2.34. The molecule has 0 atom stereocenters. The van der Waals surface area contributed by atoms with Crippen LogP contribution in [-0.4, -0.2) is 5.78 Å². The summed E-state index contributed by atoms with van der Waals surface area (Å²) in [6.07, 6.45) is 1.78. The lowest BCUT2D eigenvalue weighted by molar-refractivity contribution is -0.120. The average Bonchev–Trinajstić information content (AvgIpc) is 3.36. The minimum Gasteiger partial charge on any atom is -0.299 e. The van der Waals surface area contributed by atoms with Crippen molar-refractivity contribution in [3.8, 4) is 22.3 Å². The molecule has 0 saturated heterocycles. The molecule has 0 fully saturated rings. The van der Waals surface area contributed by atoms with Gasteiger partial charge >= 0.3 is 0 Å². The molecule has 4 aromatic rings. The second kappa shape index (κ2) is 6.52. The highest BCUT2D eigenvalue weighted by atomic mass is 16.1. The Hall–Kier alpha value is -3.45. The maximum absolute atomic E-state index is 13.4. The molecule has 1 heteroatoms. The van der Waals surface area contributed by atoms with Crippen LogP contribution < -0.4 is 0 Å². The van der Waals surface area contributed by atoms with Gasteiger partial charge in [-0.15, -0.1) is 0 Å². The maximum atomic E-state index is 13.4. The Morgan fingerprint density at radius 2 is 1.03 bits per heavy atom. The van der Waals surface area contributed by atoms with E-state index in [2.05, 4.69) is 91.9 Å². The van der Waals surface area contributed by atoms with E-state index in [0.717, 1.165) is 24.0 Å². The SMILES string of the molecule is CC(=O)C(C)(c1cccc2c1Cc1ccccc1-2)c1cccc2c1Cc1ccccc1-2. The second-order valence-electron chi connectivity index (χ2n) is 9.01. The first-order valence-electron chi connectivity index (χ1n) is 11.0. The van der Waals surface area contributed by atoms with E-state index in [1.807, 2.05) is 0 Å². The van der Waals surface area contributed by atoms with Crippen LogP contribution in [-0.2, 0) is 23.1 Å². The number of carbonyl (C=O) groups is 1. The lowest BCUT2D eigenvalue weighted by Gasteiger charge is -2.32. The van der Waals surface area contributed by atoms with Gasteiger partial charge in [-0.3, -0.25) is 4.79 Å². The first kappa shape index (κ1) is 18.3. The smallest absolute Gasteiger partial charge is 0.144 e. The van der Waals surface area contributed by atoms with Crippen molar-refractivity contribution in [1.82, 2.24) is 0 Å². The molecule has 150 valence electrons. The van der Waals surface area contributed by atoms with E-state index in [1.54, 1.807) is 6.92 Å². The molecule has 0 N–H and O–H groups in total.